The Hall–Kier alpha value is -4.00. The minimum atomic E-state index is -0.892. The Kier molecular flexibility index (Phi) is 6.49. The lowest BCUT2D eigenvalue weighted by Crippen LogP contribution is -2.28. The van der Waals surface area contributed by atoms with Crippen LogP contribution in [-0.2, 0) is 4.79 Å². The fourth-order valence-corrected chi connectivity index (χ4v) is 3.53. The van der Waals surface area contributed by atoms with Gasteiger partial charge in [0.05, 0.1) is 6.42 Å². The lowest BCUT2D eigenvalue weighted by Gasteiger charge is -2.19. The molecule has 0 radical (unpaired) electrons. The maximum Gasteiger partial charge on any atom is 0.305 e. The number of anilines is 1. The van der Waals surface area contributed by atoms with E-state index in [2.05, 4.69) is 15.3 Å². The molecule has 0 fully saturated rings. The van der Waals surface area contributed by atoms with Crippen molar-refractivity contribution >= 4 is 12.0 Å². The Morgan fingerprint density at radius 2 is 1.64 bits per heavy atom. The number of hydrogen-bond acceptors (Lipinski definition) is 5. The van der Waals surface area contributed by atoms with Crippen LogP contribution in [0.1, 0.15) is 20.3 Å². The Balaban J connectivity index is 1.70. The fourth-order valence-electron chi connectivity index (χ4n) is 3.53. The van der Waals surface area contributed by atoms with Crippen LogP contribution < -0.4 is 5.32 Å². The van der Waals surface area contributed by atoms with Gasteiger partial charge in [-0.25, -0.2) is 4.39 Å². The Morgan fingerprint density at radius 1 is 1.00 bits per heavy atom. The third kappa shape index (κ3) is 5.26. The lowest BCUT2D eigenvalue weighted by molar-refractivity contribution is -0.137. The first kappa shape index (κ1) is 22.2. The standard InChI is InChI=1S/C26H24FN3O3/c1-16(2)22(14-23(31)32)29-26-30-24(25(33-26)20-4-3-13-28-15-20)19-7-5-17(6-8-19)18-9-11-21(27)12-10-18/h3-13,15-16,22H,14H2,1-2H3,(H,29,30)(H,31,32). The molecule has 2 aromatic carbocycles. The van der Waals surface area contributed by atoms with Crippen LogP contribution in [0.4, 0.5) is 10.4 Å². The van der Waals surface area contributed by atoms with Crippen molar-refractivity contribution in [3.8, 4) is 33.7 Å². The number of aromatic nitrogens is 2. The molecule has 2 aromatic heterocycles. The number of aliphatic carboxylic acids is 1. The molecule has 0 saturated heterocycles. The molecular formula is C26H24FN3O3. The monoisotopic (exact) mass is 445 g/mol. The predicted molar refractivity (Wildman–Crippen MR) is 125 cm³/mol. The molecule has 6 nitrogen and oxygen atoms in total. The molecule has 33 heavy (non-hydrogen) atoms. The van der Waals surface area contributed by atoms with Crippen LogP contribution in [0.15, 0.2) is 77.5 Å². The van der Waals surface area contributed by atoms with Crippen molar-refractivity contribution in [2.24, 2.45) is 5.92 Å². The number of nitrogens with one attached hydrogen (secondary N) is 1. The van der Waals surface area contributed by atoms with Crippen molar-refractivity contribution in [3.05, 3.63) is 78.9 Å². The molecule has 0 aliphatic carbocycles. The summed E-state index contributed by atoms with van der Waals surface area (Å²) in [6, 6.07) is 17.7. The van der Waals surface area contributed by atoms with E-state index in [1.165, 1.54) is 12.1 Å². The van der Waals surface area contributed by atoms with Gasteiger partial charge in [0, 0.05) is 29.6 Å². The number of benzene rings is 2. The van der Waals surface area contributed by atoms with E-state index in [0.29, 0.717) is 11.5 Å². The van der Waals surface area contributed by atoms with E-state index >= 15 is 0 Å². The number of rotatable bonds is 8. The highest BCUT2D eigenvalue weighted by Crippen LogP contribution is 2.35. The minimum Gasteiger partial charge on any atom is -0.481 e. The number of carboxylic acids is 1. The Bertz CT molecular complexity index is 1220. The van der Waals surface area contributed by atoms with E-state index in [4.69, 9.17) is 4.42 Å². The Morgan fingerprint density at radius 3 is 2.21 bits per heavy atom. The number of nitrogens with zero attached hydrogens (tertiary/aromatic N) is 2. The second-order valence-corrected chi connectivity index (χ2v) is 8.12. The molecule has 2 heterocycles. The van der Waals surface area contributed by atoms with Crippen molar-refractivity contribution in [2.45, 2.75) is 26.3 Å². The maximum absolute atomic E-state index is 13.2. The number of carbonyl (C=O) groups is 1. The van der Waals surface area contributed by atoms with E-state index in [-0.39, 0.29) is 30.2 Å². The van der Waals surface area contributed by atoms with Gasteiger partial charge >= 0.3 is 5.97 Å². The van der Waals surface area contributed by atoms with Gasteiger partial charge in [0.1, 0.15) is 11.5 Å². The first-order valence-corrected chi connectivity index (χ1v) is 10.7. The summed E-state index contributed by atoms with van der Waals surface area (Å²) in [6.07, 6.45) is 3.32. The molecule has 2 N–H and O–H groups in total. The molecule has 4 aromatic rings. The van der Waals surface area contributed by atoms with Gasteiger partial charge in [-0.1, -0.05) is 50.2 Å². The first-order chi connectivity index (χ1) is 15.9. The van der Waals surface area contributed by atoms with Gasteiger partial charge in [-0.15, -0.1) is 0 Å². The van der Waals surface area contributed by atoms with Crippen molar-refractivity contribution in [2.75, 3.05) is 5.32 Å². The van der Waals surface area contributed by atoms with Crippen LogP contribution in [-0.4, -0.2) is 27.1 Å². The molecule has 0 bridgehead atoms. The third-order valence-electron chi connectivity index (χ3n) is 5.39. The van der Waals surface area contributed by atoms with Gasteiger partial charge in [0.2, 0.25) is 0 Å². The summed E-state index contributed by atoms with van der Waals surface area (Å²) in [4.78, 5) is 20.1. The normalized spacial score (nSPS) is 12.0. The average Bonchev–Trinajstić information content (AvgIpc) is 3.23. The second kappa shape index (κ2) is 9.65. The number of hydrogen-bond donors (Lipinski definition) is 2. The second-order valence-electron chi connectivity index (χ2n) is 8.12. The average molecular weight is 445 g/mol. The molecule has 168 valence electrons. The van der Waals surface area contributed by atoms with Crippen molar-refractivity contribution in [3.63, 3.8) is 0 Å². The summed E-state index contributed by atoms with van der Waals surface area (Å²) < 4.78 is 19.3. The highest BCUT2D eigenvalue weighted by molar-refractivity contribution is 5.79. The molecule has 0 aliphatic rings. The van der Waals surface area contributed by atoms with E-state index in [0.717, 1.165) is 22.3 Å². The molecule has 7 heteroatoms. The lowest BCUT2D eigenvalue weighted by atomic mass is 10.0. The predicted octanol–water partition coefficient (Wildman–Crippen LogP) is 6.12. The molecule has 0 aliphatic heterocycles. The number of carboxylic acid groups (broad SMARTS) is 1. The largest absolute Gasteiger partial charge is 0.481 e. The molecule has 4 rings (SSSR count). The van der Waals surface area contributed by atoms with E-state index < -0.39 is 5.97 Å². The molecular weight excluding hydrogens is 421 g/mol. The SMILES string of the molecule is CC(C)C(CC(=O)O)Nc1nc(-c2ccc(-c3ccc(F)cc3)cc2)c(-c2cccnc2)o1. The van der Waals surface area contributed by atoms with Crippen LogP contribution in [0.25, 0.3) is 33.7 Å². The van der Waals surface area contributed by atoms with Gasteiger partial charge in [-0.05, 0) is 41.3 Å². The summed E-state index contributed by atoms with van der Waals surface area (Å²) >= 11 is 0. The quantitative estimate of drug-likeness (QED) is 0.340. The Labute approximate surface area is 191 Å². The van der Waals surface area contributed by atoms with Crippen LogP contribution in [0.2, 0.25) is 0 Å². The van der Waals surface area contributed by atoms with Crippen LogP contribution >= 0.6 is 0 Å². The molecule has 0 spiro atoms. The minimum absolute atomic E-state index is 0.0516. The van der Waals surface area contributed by atoms with Gasteiger partial charge < -0.3 is 14.8 Å². The highest BCUT2D eigenvalue weighted by Gasteiger charge is 2.22. The topological polar surface area (TPSA) is 88.2 Å². The summed E-state index contributed by atoms with van der Waals surface area (Å²) in [7, 11) is 0. The number of oxazole rings is 1. The zero-order chi connectivity index (χ0) is 23.4. The smallest absolute Gasteiger partial charge is 0.305 e. The summed E-state index contributed by atoms with van der Waals surface area (Å²) in [5.41, 5.74) is 4.07. The fraction of sp³-hybridized carbons (Fsp3) is 0.192. The van der Waals surface area contributed by atoms with Crippen molar-refractivity contribution < 1.29 is 18.7 Å². The molecule has 1 unspecified atom stereocenters. The molecule has 0 amide bonds. The summed E-state index contributed by atoms with van der Waals surface area (Å²) in [6.45, 7) is 3.89. The van der Waals surface area contributed by atoms with Gasteiger partial charge in [0.25, 0.3) is 6.01 Å². The van der Waals surface area contributed by atoms with Crippen LogP contribution in [0.5, 0.6) is 0 Å². The van der Waals surface area contributed by atoms with Crippen molar-refractivity contribution in [1.82, 2.24) is 9.97 Å². The summed E-state index contributed by atoms with van der Waals surface area (Å²) in [5.74, 6) is -0.565. The zero-order valence-corrected chi connectivity index (χ0v) is 18.3. The van der Waals surface area contributed by atoms with Gasteiger partial charge in [-0.3, -0.25) is 9.78 Å². The van der Waals surface area contributed by atoms with Gasteiger partial charge in [0.15, 0.2) is 5.76 Å². The van der Waals surface area contributed by atoms with E-state index in [1.807, 2.05) is 50.2 Å². The molecule has 0 saturated carbocycles. The zero-order valence-electron chi connectivity index (χ0n) is 18.3. The van der Waals surface area contributed by atoms with Gasteiger partial charge in [-0.2, -0.15) is 4.98 Å². The molecule has 1 atom stereocenters. The number of pyridine rings is 1. The highest BCUT2D eigenvalue weighted by atomic mass is 19.1. The number of halogens is 1. The van der Waals surface area contributed by atoms with E-state index in [9.17, 15) is 14.3 Å². The first-order valence-electron chi connectivity index (χ1n) is 10.7. The van der Waals surface area contributed by atoms with Crippen LogP contribution in [0.3, 0.4) is 0 Å². The summed E-state index contributed by atoms with van der Waals surface area (Å²) in [5, 5.41) is 12.4. The van der Waals surface area contributed by atoms with Crippen molar-refractivity contribution in [1.29, 1.82) is 0 Å². The third-order valence-corrected chi connectivity index (χ3v) is 5.39. The van der Waals surface area contributed by atoms with E-state index in [1.54, 1.807) is 24.5 Å². The maximum atomic E-state index is 13.2. The van der Waals surface area contributed by atoms with Crippen LogP contribution in [0, 0.1) is 11.7 Å².